The maximum absolute atomic E-state index is 5.52. The monoisotopic (exact) mass is 222 g/mol. The first kappa shape index (κ1) is 11.3. The lowest BCUT2D eigenvalue weighted by atomic mass is 10.1. The van der Waals surface area contributed by atoms with E-state index in [1.165, 1.54) is 0 Å². The van der Waals surface area contributed by atoms with E-state index in [2.05, 4.69) is 21.9 Å². The highest BCUT2D eigenvalue weighted by molar-refractivity contribution is 5.33. The third kappa shape index (κ3) is 2.15. The molecule has 0 amide bonds. The molecule has 0 radical (unpaired) electrons. The van der Waals surface area contributed by atoms with Gasteiger partial charge in [-0.1, -0.05) is 0 Å². The average Bonchev–Trinajstić information content (AvgIpc) is 2.29. The fourth-order valence-corrected chi connectivity index (χ4v) is 1.98. The van der Waals surface area contributed by atoms with Crippen molar-refractivity contribution >= 4 is 0 Å². The normalized spacial score (nSPS) is 15.9. The van der Waals surface area contributed by atoms with Crippen LogP contribution in [0.4, 0.5) is 0 Å². The van der Waals surface area contributed by atoms with E-state index in [1.54, 1.807) is 7.11 Å². The van der Waals surface area contributed by atoms with E-state index in [0.717, 1.165) is 36.6 Å². The van der Waals surface area contributed by atoms with Crippen LogP contribution in [0.1, 0.15) is 17.1 Å². The maximum atomic E-state index is 5.52. The maximum Gasteiger partial charge on any atom is 0.221 e. The minimum Gasteiger partial charge on any atom is -0.481 e. The van der Waals surface area contributed by atoms with Crippen molar-refractivity contribution in [1.29, 1.82) is 0 Å². The first-order valence-electron chi connectivity index (χ1n) is 5.56. The van der Waals surface area contributed by atoms with E-state index < -0.39 is 0 Å². The predicted octanol–water partition coefficient (Wildman–Crippen LogP) is -0.0257. The molecule has 1 aromatic heterocycles. The lowest BCUT2D eigenvalue weighted by Gasteiger charge is -2.25. The van der Waals surface area contributed by atoms with Crippen molar-refractivity contribution in [2.24, 2.45) is 5.73 Å². The summed E-state index contributed by atoms with van der Waals surface area (Å²) in [6, 6.07) is 0. The molecule has 5 nitrogen and oxygen atoms in total. The lowest BCUT2D eigenvalue weighted by molar-refractivity contribution is 0.293. The van der Waals surface area contributed by atoms with Crippen LogP contribution in [0.3, 0.4) is 0 Å². The number of fused-ring (bicyclic) bond motifs is 1. The number of aromatic nitrogens is 2. The molecular weight excluding hydrogens is 204 g/mol. The van der Waals surface area contributed by atoms with Gasteiger partial charge in [0.2, 0.25) is 5.88 Å². The third-order valence-corrected chi connectivity index (χ3v) is 2.82. The quantitative estimate of drug-likeness (QED) is 0.778. The number of likely N-dealkylation sites (N-methyl/N-ethyl adjacent to an activating group) is 1. The molecule has 1 aromatic rings. The fraction of sp³-hybridized carbons (Fsp3) is 0.636. The van der Waals surface area contributed by atoms with Crippen molar-refractivity contribution in [3.63, 3.8) is 0 Å². The molecule has 88 valence electrons. The molecule has 0 saturated heterocycles. The Morgan fingerprint density at radius 2 is 2.25 bits per heavy atom. The third-order valence-electron chi connectivity index (χ3n) is 2.82. The van der Waals surface area contributed by atoms with Crippen LogP contribution in [-0.2, 0) is 19.4 Å². The number of nitrogens with zero attached hydrogens (tertiary/aromatic N) is 3. The van der Waals surface area contributed by atoms with E-state index >= 15 is 0 Å². The summed E-state index contributed by atoms with van der Waals surface area (Å²) < 4.78 is 5.33. The minimum absolute atomic E-state index is 0.571. The highest BCUT2D eigenvalue weighted by Gasteiger charge is 2.20. The van der Waals surface area contributed by atoms with Gasteiger partial charge in [0.15, 0.2) is 0 Å². The van der Waals surface area contributed by atoms with Crippen LogP contribution in [0.15, 0.2) is 0 Å². The zero-order chi connectivity index (χ0) is 11.5. The molecule has 0 spiro atoms. The predicted molar refractivity (Wildman–Crippen MR) is 61.4 cm³/mol. The summed E-state index contributed by atoms with van der Waals surface area (Å²) in [5.74, 6) is 1.50. The van der Waals surface area contributed by atoms with Gasteiger partial charge in [-0.2, -0.15) is 4.98 Å². The van der Waals surface area contributed by atoms with Crippen molar-refractivity contribution in [3.8, 4) is 5.88 Å². The number of hydrogen-bond donors (Lipinski definition) is 1. The van der Waals surface area contributed by atoms with Gasteiger partial charge in [0.05, 0.1) is 12.8 Å². The topological polar surface area (TPSA) is 64.3 Å². The van der Waals surface area contributed by atoms with Gasteiger partial charge in [-0.3, -0.25) is 0 Å². The summed E-state index contributed by atoms with van der Waals surface area (Å²) in [4.78, 5) is 11.2. The molecule has 0 fully saturated rings. The van der Waals surface area contributed by atoms with Crippen LogP contribution < -0.4 is 10.5 Å². The van der Waals surface area contributed by atoms with Gasteiger partial charge in [0.1, 0.15) is 5.82 Å². The highest BCUT2D eigenvalue weighted by atomic mass is 16.5. The summed E-state index contributed by atoms with van der Waals surface area (Å²) in [5.41, 5.74) is 7.76. The first-order chi connectivity index (χ1) is 7.74. The highest BCUT2D eigenvalue weighted by Crippen LogP contribution is 2.24. The molecule has 2 rings (SSSR count). The standard InChI is InChI=1S/C11H18N4O/c1-15-6-4-9-8(7-15)11(16-2)14-10(13-9)3-5-12/h3-7,12H2,1-2H3. The molecule has 0 aromatic carbocycles. The van der Waals surface area contributed by atoms with Crippen LogP contribution in [0, 0.1) is 0 Å². The second-order valence-electron chi connectivity index (χ2n) is 4.10. The van der Waals surface area contributed by atoms with Gasteiger partial charge >= 0.3 is 0 Å². The van der Waals surface area contributed by atoms with Crippen LogP contribution in [0.25, 0.3) is 0 Å². The number of nitrogens with two attached hydrogens (primary N) is 1. The Balaban J connectivity index is 2.38. The molecule has 16 heavy (non-hydrogen) atoms. The zero-order valence-electron chi connectivity index (χ0n) is 9.86. The van der Waals surface area contributed by atoms with Gasteiger partial charge in [-0.25, -0.2) is 4.98 Å². The SMILES string of the molecule is COc1nc(CCN)nc2c1CN(C)CC2. The average molecular weight is 222 g/mol. The molecule has 5 heteroatoms. The Kier molecular flexibility index (Phi) is 3.36. The fourth-order valence-electron chi connectivity index (χ4n) is 1.98. The van der Waals surface area contributed by atoms with Crippen molar-refractivity contribution in [3.05, 3.63) is 17.1 Å². The van der Waals surface area contributed by atoms with Crippen LogP contribution in [0.5, 0.6) is 5.88 Å². The summed E-state index contributed by atoms with van der Waals surface area (Å²) in [7, 11) is 3.75. The molecule has 2 heterocycles. The molecule has 1 aliphatic rings. The van der Waals surface area contributed by atoms with E-state index in [0.29, 0.717) is 18.8 Å². The summed E-state index contributed by atoms with van der Waals surface area (Å²) in [6.07, 6.45) is 1.67. The molecule has 0 saturated carbocycles. The summed E-state index contributed by atoms with van der Waals surface area (Å²) >= 11 is 0. The van der Waals surface area contributed by atoms with Gasteiger partial charge in [0, 0.05) is 31.5 Å². The Hall–Kier alpha value is -1.20. The van der Waals surface area contributed by atoms with Crippen molar-refractivity contribution < 1.29 is 4.74 Å². The molecule has 0 unspecified atom stereocenters. The van der Waals surface area contributed by atoms with Gasteiger partial charge < -0.3 is 15.4 Å². The lowest BCUT2D eigenvalue weighted by Crippen LogP contribution is -2.28. The zero-order valence-corrected chi connectivity index (χ0v) is 9.86. The van der Waals surface area contributed by atoms with E-state index in [9.17, 15) is 0 Å². The van der Waals surface area contributed by atoms with Crippen molar-refractivity contribution in [1.82, 2.24) is 14.9 Å². The Morgan fingerprint density at radius 1 is 1.44 bits per heavy atom. The second kappa shape index (κ2) is 4.76. The number of ether oxygens (including phenoxy) is 1. The molecule has 1 aliphatic heterocycles. The number of hydrogen-bond acceptors (Lipinski definition) is 5. The minimum atomic E-state index is 0.571. The largest absolute Gasteiger partial charge is 0.481 e. The number of rotatable bonds is 3. The molecule has 0 aliphatic carbocycles. The Labute approximate surface area is 95.6 Å². The van der Waals surface area contributed by atoms with E-state index in [-0.39, 0.29) is 0 Å². The van der Waals surface area contributed by atoms with Gasteiger partial charge in [-0.15, -0.1) is 0 Å². The summed E-state index contributed by atoms with van der Waals surface area (Å²) in [6.45, 7) is 2.47. The van der Waals surface area contributed by atoms with E-state index in [1.807, 2.05) is 0 Å². The van der Waals surface area contributed by atoms with Crippen molar-refractivity contribution in [2.75, 3.05) is 27.2 Å². The molecule has 0 bridgehead atoms. The second-order valence-corrected chi connectivity index (χ2v) is 4.10. The van der Waals surface area contributed by atoms with Crippen LogP contribution in [0.2, 0.25) is 0 Å². The van der Waals surface area contributed by atoms with Gasteiger partial charge in [-0.05, 0) is 13.6 Å². The van der Waals surface area contributed by atoms with Crippen LogP contribution in [-0.4, -0.2) is 42.1 Å². The van der Waals surface area contributed by atoms with Crippen molar-refractivity contribution in [2.45, 2.75) is 19.4 Å². The molecule has 0 atom stereocenters. The number of methoxy groups -OCH3 is 1. The molecular formula is C11H18N4O. The molecule has 2 N–H and O–H groups in total. The van der Waals surface area contributed by atoms with Gasteiger partial charge in [0.25, 0.3) is 0 Å². The summed E-state index contributed by atoms with van der Waals surface area (Å²) in [5, 5.41) is 0. The van der Waals surface area contributed by atoms with Crippen LogP contribution >= 0.6 is 0 Å². The smallest absolute Gasteiger partial charge is 0.221 e. The van der Waals surface area contributed by atoms with E-state index in [4.69, 9.17) is 10.5 Å². The first-order valence-corrected chi connectivity index (χ1v) is 5.56. The Bertz CT molecular complexity index is 363. The Morgan fingerprint density at radius 3 is 2.94 bits per heavy atom.